The zero-order chi connectivity index (χ0) is 17.2. The van der Waals surface area contributed by atoms with Crippen LogP contribution in [0.1, 0.15) is 19.3 Å². The molecule has 0 unspecified atom stereocenters. The van der Waals surface area contributed by atoms with E-state index in [0.717, 1.165) is 32.5 Å². The minimum atomic E-state index is -0.0452. The fourth-order valence-electron chi connectivity index (χ4n) is 3.68. The molecule has 0 saturated carbocycles. The molecule has 8 nitrogen and oxygen atoms in total. The Labute approximate surface area is 142 Å². The van der Waals surface area contributed by atoms with Crippen LogP contribution in [-0.4, -0.2) is 76.7 Å². The average Bonchev–Trinajstić information content (AvgIpc) is 2.84. The smallest absolute Gasteiger partial charge is 0.239 e. The number of likely N-dealkylation sites (N-methyl/N-ethyl adjacent to an activating group) is 1. The van der Waals surface area contributed by atoms with Gasteiger partial charge in [0, 0.05) is 57.4 Å². The first-order valence-electron chi connectivity index (χ1n) is 8.47. The minimum absolute atomic E-state index is 0.0251. The van der Waals surface area contributed by atoms with Crippen molar-refractivity contribution in [1.29, 1.82) is 0 Å². The van der Waals surface area contributed by atoms with Crippen LogP contribution in [0.3, 0.4) is 0 Å². The lowest BCUT2D eigenvalue weighted by Gasteiger charge is -2.49. The van der Waals surface area contributed by atoms with Crippen LogP contribution in [0.2, 0.25) is 0 Å². The average molecular weight is 334 g/mol. The summed E-state index contributed by atoms with van der Waals surface area (Å²) in [4.78, 5) is 28.5. The lowest BCUT2D eigenvalue weighted by Crippen LogP contribution is -2.61. The molecule has 1 aromatic heterocycles. The van der Waals surface area contributed by atoms with Crippen molar-refractivity contribution in [3.8, 4) is 0 Å². The predicted molar refractivity (Wildman–Crippen MR) is 90.5 cm³/mol. The second-order valence-corrected chi connectivity index (χ2v) is 6.88. The highest BCUT2D eigenvalue weighted by Crippen LogP contribution is 2.30. The number of rotatable bonds is 3. The summed E-state index contributed by atoms with van der Waals surface area (Å²) in [6, 6.07) is 1.78. The monoisotopic (exact) mass is 334 g/mol. The minimum Gasteiger partial charge on any atom is -0.356 e. The van der Waals surface area contributed by atoms with Crippen LogP contribution in [0.4, 0.5) is 5.82 Å². The van der Waals surface area contributed by atoms with Crippen LogP contribution in [0, 0.1) is 0 Å². The normalized spacial score (nSPS) is 26.2. The van der Waals surface area contributed by atoms with Crippen molar-refractivity contribution in [2.24, 2.45) is 7.05 Å². The van der Waals surface area contributed by atoms with E-state index in [2.05, 4.69) is 32.6 Å². The number of amides is 2. The molecule has 24 heavy (non-hydrogen) atoms. The van der Waals surface area contributed by atoms with Gasteiger partial charge in [-0.15, -0.1) is 0 Å². The van der Waals surface area contributed by atoms with Gasteiger partial charge in [-0.3, -0.25) is 24.1 Å². The SMILES string of the molecule is CN1CCN(CC(=O)Nc2ccn(C)n2)C[C@@]12CCNC(=O)CC2. The van der Waals surface area contributed by atoms with Gasteiger partial charge in [0.15, 0.2) is 5.82 Å². The van der Waals surface area contributed by atoms with Crippen molar-refractivity contribution in [2.45, 2.75) is 24.8 Å². The highest BCUT2D eigenvalue weighted by molar-refractivity contribution is 5.91. The third-order valence-corrected chi connectivity index (χ3v) is 5.16. The van der Waals surface area contributed by atoms with Crippen molar-refractivity contribution in [2.75, 3.05) is 45.1 Å². The topological polar surface area (TPSA) is 82.5 Å². The first-order chi connectivity index (χ1) is 11.5. The third-order valence-electron chi connectivity index (χ3n) is 5.16. The van der Waals surface area contributed by atoms with Crippen LogP contribution in [0.5, 0.6) is 0 Å². The summed E-state index contributed by atoms with van der Waals surface area (Å²) in [6.07, 6.45) is 4.12. The first kappa shape index (κ1) is 16.9. The van der Waals surface area contributed by atoms with Crippen LogP contribution in [0.15, 0.2) is 12.3 Å². The predicted octanol–water partition coefficient (Wildman–Crippen LogP) is -0.355. The zero-order valence-electron chi connectivity index (χ0n) is 14.4. The molecule has 0 radical (unpaired) electrons. The molecule has 3 heterocycles. The molecule has 0 aromatic carbocycles. The molecule has 0 aliphatic carbocycles. The summed E-state index contributed by atoms with van der Waals surface area (Å²) in [5, 5.41) is 9.96. The summed E-state index contributed by atoms with van der Waals surface area (Å²) < 4.78 is 1.66. The van der Waals surface area contributed by atoms with Crippen molar-refractivity contribution in [1.82, 2.24) is 24.9 Å². The standard InChI is InChI=1S/C16H26N6O2/c1-20-9-10-22(11-15(24)18-13-4-8-21(2)19-13)12-16(20)5-3-14(23)17-7-6-16/h4,8H,3,5-7,9-12H2,1-2H3,(H,17,23)(H,18,19,24)/t16-/m1/s1. The molecule has 8 heteroatoms. The van der Waals surface area contributed by atoms with Gasteiger partial charge in [0.1, 0.15) is 0 Å². The number of nitrogens with zero attached hydrogens (tertiary/aromatic N) is 4. The summed E-state index contributed by atoms with van der Waals surface area (Å²) in [5.41, 5.74) is -0.0251. The van der Waals surface area contributed by atoms with Crippen molar-refractivity contribution in [3.05, 3.63) is 12.3 Å². The largest absolute Gasteiger partial charge is 0.356 e. The first-order valence-corrected chi connectivity index (χ1v) is 8.47. The maximum absolute atomic E-state index is 12.3. The van der Waals surface area contributed by atoms with Gasteiger partial charge in [-0.1, -0.05) is 0 Å². The fourth-order valence-corrected chi connectivity index (χ4v) is 3.68. The van der Waals surface area contributed by atoms with Gasteiger partial charge in [-0.05, 0) is 19.9 Å². The van der Waals surface area contributed by atoms with Crippen LogP contribution >= 0.6 is 0 Å². The van der Waals surface area contributed by atoms with E-state index in [0.29, 0.717) is 25.3 Å². The fraction of sp³-hybridized carbons (Fsp3) is 0.688. The molecule has 2 aliphatic rings. The molecular formula is C16H26N6O2. The Bertz CT molecular complexity index is 615. The van der Waals surface area contributed by atoms with Gasteiger partial charge in [-0.25, -0.2) is 0 Å². The van der Waals surface area contributed by atoms with Gasteiger partial charge in [-0.2, -0.15) is 5.10 Å². The molecule has 1 aromatic rings. The van der Waals surface area contributed by atoms with Crippen LogP contribution < -0.4 is 10.6 Å². The number of carbonyl (C=O) groups is 2. The van der Waals surface area contributed by atoms with Crippen molar-refractivity contribution < 1.29 is 9.59 Å². The second kappa shape index (κ2) is 6.90. The highest BCUT2D eigenvalue weighted by Gasteiger charge is 2.41. The van der Waals surface area contributed by atoms with Crippen LogP contribution in [-0.2, 0) is 16.6 Å². The second-order valence-electron chi connectivity index (χ2n) is 6.88. The molecule has 1 atom stereocenters. The number of hydrogen-bond donors (Lipinski definition) is 2. The molecule has 2 saturated heterocycles. The van der Waals surface area contributed by atoms with Crippen molar-refractivity contribution in [3.63, 3.8) is 0 Å². The quantitative estimate of drug-likeness (QED) is 0.789. The summed E-state index contributed by atoms with van der Waals surface area (Å²) in [5.74, 6) is 0.664. The molecule has 3 rings (SSSR count). The van der Waals surface area contributed by atoms with E-state index in [4.69, 9.17) is 0 Å². The van der Waals surface area contributed by atoms with E-state index < -0.39 is 0 Å². The van der Waals surface area contributed by atoms with E-state index in [1.807, 2.05) is 7.05 Å². The molecule has 2 N–H and O–H groups in total. The molecule has 2 amide bonds. The Balaban J connectivity index is 1.60. The van der Waals surface area contributed by atoms with Gasteiger partial charge < -0.3 is 10.6 Å². The summed E-state index contributed by atoms with van der Waals surface area (Å²) in [6.45, 7) is 3.64. The molecule has 132 valence electrons. The summed E-state index contributed by atoms with van der Waals surface area (Å²) >= 11 is 0. The molecule has 0 bridgehead atoms. The van der Waals surface area contributed by atoms with E-state index >= 15 is 0 Å². The van der Waals surface area contributed by atoms with Gasteiger partial charge >= 0.3 is 0 Å². The molecular weight excluding hydrogens is 308 g/mol. The Morgan fingerprint density at radius 3 is 2.96 bits per heavy atom. The Morgan fingerprint density at radius 2 is 2.21 bits per heavy atom. The molecule has 2 aliphatic heterocycles. The number of hydrogen-bond acceptors (Lipinski definition) is 5. The van der Waals surface area contributed by atoms with E-state index in [1.165, 1.54) is 0 Å². The maximum atomic E-state index is 12.3. The molecule has 2 fully saturated rings. The number of piperazine rings is 1. The van der Waals surface area contributed by atoms with Crippen LogP contribution in [0.25, 0.3) is 0 Å². The van der Waals surface area contributed by atoms with Gasteiger partial charge in [0.2, 0.25) is 11.8 Å². The van der Waals surface area contributed by atoms with E-state index in [9.17, 15) is 9.59 Å². The Kier molecular flexibility index (Phi) is 4.86. The zero-order valence-corrected chi connectivity index (χ0v) is 14.4. The van der Waals surface area contributed by atoms with Crippen molar-refractivity contribution >= 4 is 17.6 Å². The number of aryl methyl sites for hydroxylation is 1. The third kappa shape index (κ3) is 3.76. The number of aromatic nitrogens is 2. The molecule has 1 spiro atoms. The number of carbonyl (C=O) groups excluding carboxylic acids is 2. The summed E-state index contributed by atoms with van der Waals surface area (Å²) in [7, 11) is 3.95. The highest BCUT2D eigenvalue weighted by atomic mass is 16.2. The van der Waals surface area contributed by atoms with Gasteiger partial charge in [0.25, 0.3) is 0 Å². The number of nitrogens with one attached hydrogen (secondary N) is 2. The maximum Gasteiger partial charge on any atom is 0.239 e. The van der Waals surface area contributed by atoms with E-state index in [1.54, 1.807) is 16.9 Å². The Hall–Kier alpha value is -1.93. The number of anilines is 1. The lowest BCUT2D eigenvalue weighted by molar-refractivity contribution is -0.121. The lowest BCUT2D eigenvalue weighted by atomic mass is 9.86. The van der Waals surface area contributed by atoms with Gasteiger partial charge in [0.05, 0.1) is 6.54 Å². The Morgan fingerprint density at radius 1 is 1.38 bits per heavy atom. The van der Waals surface area contributed by atoms with E-state index in [-0.39, 0.29) is 17.4 Å².